The number of rotatable bonds is 5. The van der Waals surface area contributed by atoms with Gasteiger partial charge in [0.1, 0.15) is 0 Å². The maximum Gasteiger partial charge on any atom is 0.240 e. The molecule has 0 spiro atoms. The lowest BCUT2D eigenvalue weighted by atomic mass is 10.0. The number of nitrogens with one attached hydrogen (secondary N) is 1. The molecule has 1 aliphatic heterocycles. The SMILES string of the molecule is Cc1ccc(-c2ccc(S(=O)(=O)NC[C@H]3CCCO3)cc2)cc1. The molecule has 0 saturated carbocycles. The third-order valence-electron chi connectivity index (χ3n) is 4.07. The molecular formula is C18H21NO3S. The number of ether oxygens (including phenoxy) is 1. The van der Waals surface area contributed by atoms with Crippen LogP contribution < -0.4 is 4.72 Å². The molecule has 0 aromatic heterocycles. The third kappa shape index (κ3) is 3.99. The van der Waals surface area contributed by atoms with Crippen molar-refractivity contribution in [1.82, 2.24) is 4.72 Å². The lowest BCUT2D eigenvalue weighted by Gasteiger charge is -2.12. The van der Waals surface area contributed by atoms with E-state index < -0.39 is 10.0 Å². The van der Waals surface area contributed by atoms with Crippen LogP contribution in [0.1, 0.15) is 18.4 Å². The Morgan fingerprint density at radius 2 is 1.65 bits per heavy atom. The Hall–Kier alpha value is -1.69. The van der Waals surface area contributed by atoms with E-state index in [0.717, 1.165) is 30.6 Å². The minimum atomic E-state index is -3.48. The van der Waals surface area contributed by atoms with Crippen LogP contribution in [0.4, 0.5) is 0 Å². The van der Waals surface area contributed by atoms with Crippen LogP contribution in [0.25, 0.3) is 11.1 Å². The quantitative estimate of drug-likeness (QED) is 0.916. The van der Waals surface area contributed by atoms with Gasteiger partial charge in [0.2, 0.25) is 10.0 Å². The third-order valence-corrected chi connectivity index (χ3v) is 5.51. The first kappa shape index (κ1) is 16.2. The summed E-state index contributed by atoms with van der Waals surface area (Å²) in [5.41, 5.74) is 3.28. The van der Waals surface area contributed by atoms with E-state index in [2.05, 4.69) is 4.72 Å². The standard InChI is InChI=1S/C18H21NO3S/c1-14-4-6-15(7-5-14)16-8-10-18(11-9-16)23(20,21)19-13-17-3-2-12-22-17/h4-11,17,19H,2-3,12-13H2,1H3/t17-/m1/s1. The molecule has 0 aliphatic carbocycles. The van der Waals surface area contributed by atoms with Crippen LogP contribution in [0, 0.1) is 6.92 Å². The molecule has 1 saturated heterocycles. The summed E-state index contributed by atoms with van der Waals surface area (Å²) >= 11 is 0. The predicted octanol–water partition coefficient (Wildman–Crippen LogP) is 3.12. The molecule has 122 valence electrons. The molecule has 0 amide bonds. The fourth-order valence-electron chi connectivity index (χ4n) is 2.66. The van der Waals surface area contributed by atoms with E-state index in [-0.39, 0.29) is 11.0 Å². The number of sulfonamides is 1. The topological polar surface area (TPSA) is 55.4 Å². The molecule has 0 bridgehead atoms. The van der Waals surface area contributed by atoms with Gasteiger partial charge >= 0.3 is 0 Å². The summed E-state index contributed by atoms with van der Waals surface area (Å²) in [6.07, 6.45) is 1.91. The molecule has 5 heteroatoms. The first-order valence-electron chi connectivity index (χ1n) is 7.83. The van der Waals surface area contributed by atoms with E-state index in [1.165, 1.54) is 5.56 Å². The van der Waals surface area contributed by atoms with E-state index >= 15 is 0 Å². The summed E-state index contributed by atoms with van der Waals surface area (Å²) in [6, 6.07) is 15.1. The molecule has 2 aromatic carbocycles. The van der Waals surface area contributed by atoms with Gasteiger partial charge < -0.3 is 4.74 Å². The highest BCUT2D eigenvalue weighted by Gasteiger charge is 2.20. The van der Waals surface area contributed by atoms with Crippen LogP contribution in [-0.4, -0.2) is 27.7 Å². The Balaban J connectivity index is 1.71. The summed E-state index contributed by atoms with van der Waals surface area (Å²) in [5, 5.41) is 0. The summed E-state index contributed by atoms with van der Waals surface area (Å²) < 4.78 is 32.7. The zero-order valence-electron chi connectivity index (χ0n) is 13.2. The minimum absolute atomic E-state index is 0.00314. The van der Waals surface area contributed by atoms with E-state index in [9.17, 15) is 8.42 Å². The van der Waals surface area contributed by atoms with Gasteiger partial charge in [0.15, 0.2) is 0 Å². The Morgan fingerprint density at radius 1 is 1.04 bits per heavy atom. The fraction of sp³-hybridized carbons (Fsp3) is 0.333. The Morgan fingerprint density at radius 3 is 2.22 bits per heavy atom. The molecule has 23 heavy (non-hydrogen) atoms. The number of benzene rings is 2. The summed E-state index contributed by atoms with van der Waals surface area (Å²) in [6.45, 7) is 3.10. The van der Waals surface area contributed by atoms with Crippen LogP contribution >= 0.6 is 0 Å². The van der Waals surface area contributed by atoms with Gasteiger partial charge in [-0.15, -0.1) is 0 Å². The summed E-state index contributed by atoms with van der Waals surface area (Å²) in [4.78, 5) is 0.284. The lowest BCUT2D eigenvalue weighted by Crippen LogP contribution is -2.31. The fourth-order valence-corrected chi connectivity index (χ4v) is 3.73. The zero-order chi connectivity index (χ0) is 16.3. The Kier molecular flexibility index (Phi) is 4.80. The second kappa shape index (κ2) is 6.83. The van der Waals surface area contributed by atoms with Crippen molar-refractivity contribution in [2.24, 2.45) is 0 Å². The Labute approximate surface area is 137 Å². The van der Waals surface area contributed by atoms with E-state index in [1.54, 1.807) is 12.1 Å². The number of hydrogen-bond acceptors (Lipinski definition) is 3. The molecule has 3 rings (SSSR count). The van der Waals surface area contributed by atoms with Crippen molar-refractivity contribution < 1.29 is 13.2 Å². The second-order valence-electron chi connectivity index (χ2n) is 5.88. The highest BCUT2D eigenvalue weighted by atomic mass is 32.2. The van der Waals surface area contributed by atoms with Crippen LogP contribution in [-0.2, 0) is 14.8 Å². The van der Waals surface area contributed by atoms with Crippen molar-refractivity contribution >= 4 is 10.0 Å². The van der Waals surface area contributed by atoms with Crippen molar-refractivity contribution in [3.63, 3.8) is 0 Å². The van der Waals surface area contributed by atoms with Gasteiger partial charge in [0, 0.05) is 13.2 Å². The van der Waals surface area contributed by atoms with E-state index in [0.29, 0.717) is 6.54 Å². The number of aryl methyl sites for hydroxylation is 1. The largest absolute Gasteiger partial charge is 0.377 e. The van der Waals surface area contributed by atoms with Gasteiger partial charge in [0.25, 0.3) is 0 Å². The highest BCUT2D eigenvalue weighted by molar-refractivity contribution is 7.89. The van der Waals surface area contributed by atoms with Gasteiger partial charge in [-0.05, 0) is 43.0 Å². The van der Waals surface area contributed by atoms with Gasteiger partial charge in [-0.25, -0.2) is 13.1 Å². The minimum Gasteiger partial charge on any atom is -0.377 e. The molecule has 1 atom stereocenters. The highest BCUT2D eigenvalue weighted by Crippen LogP contribution is 2.22. The van der Waals surface area contributed by atoms with Crippen LogP contribution in [0.5, 0.6) is 0 Å². The average Bonchev–Trinajstić information content (AvgIpc) is 3.08. The monoisotopic (exact) mass is 331 g/mol. The van der Waals surface area contributed by atoms with E-state index in [4.69, 9.17) is 4.74 Å². The number of hydrogen-bond donors (Lipinski definition) is 1. The van der Waals surface area contributed by atoms with Gasteiger partial charge in [0.05, 0.1) is 11.0 Å². The van der Waals surface area contributed by atoms with Crippen molar-refractivity contribution in [2.75, 3.05) is 13.2 Å². The molecule has 2 aromatic rings. The molecule has 0 radical (unpaired) electrons. The molecule has 0 unspecified atom stereocenters. The molecular weight excluding hydrogens is 310 g/mol. The van der Waals surface area contributed by atoms with Crippen LogP contribution in [0.15, 0.2) is 53.4 Å². The van der Waals surface area contributed by atoms with Crippen LogP contribution in [0.3, 0.4) is 0 Å². The molecule has 4 nitrogen and oxygen atoms in total. The molecule has 1 aliphatic rings. The first-order chi connectivity index (χ1) is 11.0. The first-order valence-corrected chi connectivity index (χ1v) is 9.31. The normalized spacial score (nSPS) is 18.2. The maximum absolute atomic E-state index is 12.3. The zero-order valence-corrected chi connectivity index (χ0v) is 14.0. The lowest BCUT2D eigenvalue weighted by molar-refractivity contribution is 0.114. The van der Waals surface area contributed by atoms with Crippen molar-refractivity contribution in [2.45, 2.75) is 30.8 Å². The smallest absolute Gasteiger partial charge is 0.240 e. The van der Waals surface area contributed by atoms with Crippen molar-refractivity contribution in [3.05, 3.63) is 54.1 Å². The van der Waals surface area contributed by atoms with Gasteiger partial charge in [-0.1, -0.05) is 42.0 Å². The molecule has 1 fully saturated rings. The second-order valence-corrected chi connectivity index (χ2v) is 7.64. The molecule has 1 heterocycles. The summed E-state index contributed by atoms with van der Waals surface area (Å²) in [7, 11) is -3.48. The van der Waals surface area contributed by atoms with Crippen molar-refractivity contribution in [1.29, 1.82) is 0 Å². The Bertz CT molecular complexity index is 746. The van der Waals surface area contributed by atoms with Crippen molar-refractivity contribution in [3.8, 4) is 11.1 Å². The molecule has 1 N–H and O–H groups in total. The summed E-state index contributed by atoms with van der Waals surface area (Å²) in [5.74, 6) is 0. The van der Waals surface area contributed by atoms with Gasteiger partial charge in [-0.2, -0.15) is 0 Å². The average molecular weight is 331 g/mol. The van der Waals surface area contributed by atoms with Crippen LogP contribution in [0.2, 0.25) is 0 Å². The maximum atomic E-state index is 12.3. The van der Waals surface area contributed by atoms with Gasteiger partial charge in [-0.3, -0.25) is 0 Å². The van der Waals surface area contributed by atoms with E-state index in [1.807, 2.05) is 43.3 Å². The predicted molar refractivity (Wildman–Crippen MR) is 90.8 cm³/mol.